The van der Waals surface area contributed by atoms with Crippen LogP contribution >= 0.6 is 0 Å². The molecule has 0 heterocycles. The summed E-state index contributed by atoms with van der Waals surface area (Å²) in [6, 6.07) is 23.5. The molecule has 0 aliphatic carbocycles. The van der Waals surface area contributed by atoms with E-state index in [0.717, 1.165) is 22.9 Å². The van der Waals surface area contributed by atoms with Crippen LogP contribution in [0.15, 0.2) is 78.9 Å². The maximum absolute atomic E-state index is 13.7. The minimum Gasteiger partial charge on any atom is -0.497 e. The molecule has 0 saturated heterocycles. The normalized spacial score (nSPS) is 11.9. The number of methoxy groups -OCH3 is 1. The molecular formula is C30H37N3O5S. The van der Waals surface area contributed by atoms with Crippen molar-refractivity contribution in [3.63, 3.8) is 0 Å². The van der Waals surface area contributed by atoms with Gasteiger partial charge in [-0.25, -0.2) is 8.42 Å². The maximum Gasteiger partial charge on any atom is 0.242 e. The first-order chi connectivity index (χ1) is 18.6. The third-order valence-corrected chi connectivity index (χ3v) is 7.68. The zero-order valence-electron chi connectivity index (χ0n) is 23.0. The molecule has 2 amide bonds. The second-order valence-corrected chi connectivity index (χ2v) is 11.4. The van der Waals surface area contributed by atoms with Crippen molar-refractivity contribution in [3.8, 4) is 5.75 Å². The third-order valence-electron chi connectivity index (χ3n) is 6.48. The molecule has 9 heteroatoms. The second kappa shape index (κ2) is 13.8. The van der Waals surface area contributed by atoms with Crippen LogP contribution < -0.4 is 14.4 Å². The molecule has 208 valence electrons. The molecule has 39 heavy (non-hydrogen) atoms. The Balaban J connectivity index is 1.84. The molecule has 3 aromatic carbocycles. The highest BCUT2D eigenvalue weighted by molar-refractivity contribution is 7.92. The van der Waals surface area contributed by atoms with Gasteiger partial charge < -0.3 is 15.0 Å². The van der Waals surface area contributed by atoms with Crippen molar-refractivity contribution in [1.82, 2.24) is 10.2 Å². The Labute approximate surface area is 231 Å². The van der Waals surface area contributed by atoms with E-state index in [9.17, 15) is 18.0 Å². The molecule has 0 fully saturated rings. The SMILES string of the molecule is CNC(=O)[C@@H](Cc1ccccc1)N(Cc1ccc(C)cc1)C(=O)CCCN(c1cccc(OC)c1)S(C)(=O)=O. The van der Waals surface area contributed by atoms with Crippen LogP contribution in [0.4, 0.5) is 5.69 Å². The lowest BCUT2D eigenvalue weighted by atomic mass is 10.0. The second-order valence-electron chi connectivity index (χ2n) is 9.47. The van der Waals surface area contributed by atoms with Gasteiger partial charge in [-0.2, -0.15) is 0 Å². The summed E-state index contributed by atoms with van der Waals surface area (Å²) in [4.78, 5) is 28.4. The molecular weight excluding hydrogens is 514 g/mol. The summed E-state index contributed by atoms with van der Waals surface area (Å²) in [5, 5.41) is 2.71. The first-order valence-electron chi connectivity index (χ1n) is 12.8. The number of anilines is 1. The van der Waals surface area contributed by atoms with Crippen molar-refractivity contribution in [2.45, 2.75) is 38.8 Å². The lowest BCUT2D eigenvalue weighted by molar-refractivity contribution is -0.141. The van der Waals surface area contributed by atoms with Gasteiger partial charge in [0.2, 0.25) is 21.8 Å². The number of carbonyl (C=O) groups excluding carboxylic acids is 2. The molecule has 1 N–H and O–H groups in total. The number of carbonyl (C=O) groups is 2. The fraction of sp³-hybridized carbons (Fsp3) is 0.333. The average molecular weight is 552 g/mol. The number of hydrogen-bond acceptors (Lipinski definition) is 5. The highest BCUT2D eigenvalue weighted by Crippen LogP contribution is 2.24. The quantitative estimate of drug-likeness (QED) is 0.347. The van der Waals surface area contributed by atoms with Gasteiger partial charge in [-0.15, -0.1) is 0 Å². The monoisotopic (exact) mass is 551 g/mol. The Morgan fingerprint density at radius 2 is 1.64 bits per heavy atom. The van der Waals surface area contributed by atoms with Crippen molar-refractivity contribution in [3.05, 3.63) is 95.6 Å². The summed E-state index contributed by atoms with van der Waals surface area (Å²) >= 11 is 0. The molecule has 0 saturated carbocycles. The Bertz CT molecular complexity index is 1340. The Kier molecular flexibility index (Phi) is 10.5. The van der Waals surface area contributed by atoms with Gasteiger partial charge >= 0.3 is 0 Å². The minimum atomic E-state index is -3.60. The molecule has 0 unspecified atom stereocenters. The summed E-state index contributed by atoms with van der Waals surface area (Å²) in [5.41, 5.74) is 3.41. The van der Waals surface area contributed by atoms with E-state index in [1.807, 2.05) is 61.5 Å². The van der Waals surface area contributed by atoms with Gasteiger partial charge in [0.05, 0.1) is 19.1 Å². The minimum absolute atomic E-state index is 0.0735. The van der Waals surface area contributed by atoms with E-state index in [4.69, 9.17) is 4.74 Å². The first-order valence-corrected chi connectivity index (χ1v) is 14.7. The molecule has 0 aliphatic rings. The summed E-state index contributed by atoms with van der Waals surface area (Å²) in [6.07, 6.45) is 1.85. The van der Waals surface area contributed by atoms with Crippen molar-refractivity contribution < 1.29 is 22.7 Å². The summed E-state index contributed by atoms with van der Waals surface area (Å²) in [5.74, 6) is 0.0588. The van der Waals surface area contributed by atoms with E-state index in [1.54, 1.807) is 36.2 Å². The van der Waals surface area contributed by atoms with Crippen LogP contribution in [-0.4, -0.2) is 58.1 Å². The van der Waals surface area contributed by atoms with Crippen molar-refractivity contribution in [2.75, 3.05) is 31.3 Å². The van der Waals surface area contributed by atoms with E-state index >= 15 is 0 Å². The number of nitrogens with one attached hydrogen (secondary N) is 1. The molecule has 1 atom stereocenters. The van der Waals surface area contributed by atoms with Crippen LogP contribution in [0.2, 0.25) is 0 Å². The number of aryl methyl sites for hydroxylation is 1. The molecule has 0 aliphatic heterocycles. The maximum atomic E-state index is 13.7. The molecule has 3 rings (SSSR count). The predicted molar refractivity (Wildman–Crippen MR) is 154 cm³/mol. The van der Waals surface area contributed by atoms with Crippen molar-refractivity contribution in [2.24, 2.45) is 0 Å². The molecule has 8 nitrogen and oxygen atoms in total. The largest absolute Gasteiger partial charge is 0.497 e. The first kappa shape index (κ1) is 29.7. The Hall–Kier alpha value is -3.85. The van der Waals surface area contributed by atoms with E-state index in [-0.39, 0.29) is 37.7 Å². The van der Waals surface area contributed by atoms with E-state index in [1.165, 1.54) is 11.4 Å². The number of rotatable bonds is 13. The fourth-order valence-corrected chi connectivity index (χ4v) is 5.34. The van der Waals surface area contributed by atoms with Gasteiger partial charge in [0.15, 0.2) is 0 Å². The number of nitrogens with zero attached hydrogens (tertiary/aromatic N) is 2. The zero-order valence-corrected chi connectivity index (χ0v) is 23.8. The van der Waals surface area contributed by atoms with Crippen LogP contribution in [0, 0.1) is 6.92 Å². The molecule has 0 bridgehead atoms. The summed E-state index contributed by atoms with van der Waals surface area (Å²) in [7, 11) is -0.520. The smallest absolute Gasteiger partial charge is 0.242 e. The highest BCUT2D eigenvalue weighted by atomic mass is 32.2. The van der Waals surface area contributed by atoms with E-state index < -0.39 is 16.1 Å². The van der Waals surface area contributed by atoms with Crippen LogP contribution in [0.25, 0.3) is 0 Å². The molecule has 3 aromatic rings. The van der Waals surface area contributed by atoms with Gasteiger partial charge in [-0.05, 0) is 36.6 Å². The average Bonchev–Trinajstić information content (AvgIpc) is 2.93. The predicted octanol–water partition coefficient (Wildman–Crippen LogP) is 3.94. The summed E-state index contributed by atoms with van der Waals surface area (Å²) in [6.45, 7) is 2.36. The Morgan fingerprint density at radius 3 is 2.26 bits per heavy atom. The van der Waals surface area contributed by atoms with Crippen LogP contribution in [0.5, 0.6) is 5.75 Å². The number of ether oxygens (including phenoxy) is 1. The highest BCUT2D eigenvalue weighted by Gasteiger charge is 2.30. The van der Waals surface area contributed by atoms with Crippen LogP contribution in [0.1, 0.15) is 29.5 Å². The zero-order chi connectivity index (χ0) is 28.4. The number of benzene rings is 3. The van der Waals surface area contributed by atoms with E-state index in [0.29, 0.717) is 17.9 Å². The van der Waals surface area contributed by atoms with Gasteiger partial charge in [0.1, 0.15) is 11.8 Å². The molecule has 0 radical (unpaired) electrons. The van der Waals surface area contributed by atoms with Gasteiger partial charge in [0, 0.05) is 39.0 Å². The number of sulfonamides is 1. The molecule has 0 aromatic heterocycles. The topological polar surface area (TPSA) is 96.0 Å². The van der Waals surface area contributed by atoms with Crippen molar-refractivity contribution >= 4 is 27.5 Å². The number of amides is 2. The fourth-order valence-electron chi connectivity index (χ4n) is 4.38. The number of hydrogen-bond donors (Lipinski definition) is 1. The van der Waals surface area contributed by atoms with Gasteiger partial charge in [-0.1, -0.05) is 66.2 Å². The lowest BCUT2D eigenvalue weighted by Crippen LogP contribution is -2.49. The Morgan fingerprint density at radius 1 is 0.949 bits per heavy atom. The van der Waals surface area contributed by atoms with E-state index in [2.05, 4.69) is 5.32 Å². The van der Waals surface area contributed by atoms with Gasteiger partial charge in [-0.3, -0.25) is 13.9 Å². The lowest BCUT2D eigenvalue weighted by Gasteiger charge is -2.31. The van der Waals surface area contributed by atoms with Crippen LogP contribution in [0.3, 0.4) is 0 Å². The standard InChI is InChI=1S/C30H37N3O5S/c1-23-15-17-25(18-16-23)22-32(28(30(35)31-2)20-24-10-6-5-7-11-24)29(34)14-9-19-33(39(4,36)37)26-12-8-13-27(21-26)38-3/h5-8,10-13,15-18,21,28H,9,14,19-20,22H2,1-4H3,(H,31,35)/t28-/m1/s1. The van der Waals surface area contributed by atoms with Gasteiger partial charge in [0.25, 0.3) is 0 Å². The third kappa shape index (κ3) is 8.58. The summed E-state index contributed by atoms with van der Waals surface area (Å²) < 4.78 is 31.7. The van der Waals surface area contributed by atoms with Crippen molar-refractivity contribution in [1.29, 1.82) is 0 Å². The van der Waals surface area contributed by atoms with Crippen LogP contribution in [-0.2, 0) is 32.6 Å². The number of likely N-dealkylation sites (N-methyl/N-ethyl adjacent to an activating group) is 1. The molecule has 0 spiro atoms.